The van der Waals surface area contributed by atoms with E-state index >= 15 is 0 Å². The van der Waals surface area contributed by atoms with Crippen LogP contribution >= 0.6 is 0 Å². The van der Waals surface area contributed by atoms with Crippen molar-refractivity contribution in [1.29, 1.82) is 0 Å². The lowest BCUT2D eigenvalue weighted by molar-refractivity contribution is 1.18. The molecule has 0 radical (unpaired) electrons. The van der Waals surface area contributed by atoms with Gasteiger partial charge in [0.1, 0.15) is 0 Å². The van der Waals surface area contributed by atoms with Gasteiger partial charge >= 0.3 is 0 Å². The number of fused-ring (bicyclic) bond motifs is 15. The summed E-state index contributed by atoms with van der Waals surface area (Å²) in [5.74, 6) is 0. The van der Waals surface area contributed by atoms with Crippen molar-refractivity contribution in [2.45, 2.75) is 0 Å². The number of aromatic nitrogens is 4. The van der Waals surface area contributed by atoms with Crippen LogP contribution in [0.25, 0.3) is 143 Å². The predicted molar refractivity (Wildman–Crippen MR) is 295 cm³/mol. The molecule has 4 nitrogen and oxygen atoms in total. The molecule has 0 spiro atoms. The molecule has 70 heavy (non-hydrogen) atoms. The van der Waals surface area contributed by atoms with Gasteiger partial charge in [0.15, 0.2) is 0 Å². The van der Waals surface area contributed by atoms with Gasteiger partial charge in [-0.05, 0) is 125 Å². The second-order valence-electron chi connectivity index (χ2n) is 18.9. The van der Waals surface area contributed by atoms with Crippen molar-refractivity contribution < 1.29 is 0 Å². The molecule has 0 aliphatic carbocycles. The molecule has 5 aromatic heterocycles. The first-order valence-corrected chi connectivity index (χ1v) is 24.2. The number of rotatable bonds is 5. The highest BCUT2D eigenvalue weighted by Crippen LogP contribution is 2.44. The Balaban J connectivity index is 0.804. The van der Waals surface area contributed by atoms with Crippen LogP contribution < -0.4 is 0 Å². The van der Waals surface area contributed by atoms with E-state index < -0.39 is 0 Å². The molecule has 0 N–H and O–H groups in total. The summed E-state index contributed by atoms with van der Waals surface area (Å²) in [7, 11) is 0. The molecule has 0 amide bonds. The monoisotopic (exact) mass is 888 g/mol. The highest BCUT2D eigenvalue weighted by molar-refractivity contribution is 6.24. The summed E-state index contributed by atoms with van der Waals surface area (Å²) in [6.07, 6.45) is 0. The molecule has 0 unspecified atom stereocenters. The van der Waals surface area contributed by atoms with Crippen LogP contribution in [0.1, 0.15) is 0 Å². The SMILES string of the molecule is c1ccc(-n2c3ccccc3c3cc(-c4ccc(-n5c6ccccc6c6cc(-c7ccc8c(c7)c7ccccc7n8-c7cc8c9ccccc9n9c%10ccccc%10c(c7)c89)ccc65)cc4)ccc32)cc1. The van der Waals surface area contributed by atoms with Crippen LogP contribution in [0.5, 0.6) is 0 Å². The maximum atomic E-state index is 2.47. The van der Waals surface area contributed by atoms with Crippen LogP contribution in [-0.4, -0.2) is 18.1 Å². The van der Waals surface area contributed by atoms with E-state index in [2.05, 4.69) is 261 Å². The first-order valence-electron chi connectivity index (χ1n) is 24.2. The minimum Gasteiger partial charge on any atom is -0.309 e. The Bertz CT molecular complexity index is 4730. The van der Waals surface area contributed by atoms with Gasteiger partial charge in [0.25, 0.3) is 0 Å². The molecule has 0 saturated heterocycles. The van der Waals surface area contributed by atoms with Crippen LogP contribution in [0.4, 0.5) is 0 Å². The molecule has 0 bridgehead atoms. The molecule has 16 rings (SSSR count). The van der Waals surface area contributed by atoms with Gasteiger partial charge < -0.3 is 18.1 Å². The summed E-state index contributed by atoms with van der Waals surface area (Å²) >= 11 is 0. The molecule has 11 aromatic carbocycles. The van der Waals surface area contributed by atoms with E-state index in [4.69, 9.17) is 0 Å². The zero-order valence-corrected chi connectivity index (χ0v) is 37.9. The maximum Gasteiger partial charge on any atom is 0.0622 e. The van der Waals surface area contributed by atoms with E-state index in [1.165, 1.54) is 137 Å². The second kappa shape index (κ2) is 14.1. The largest absolute Gasteiger partial charge is 0.309 e. The van der Waals surface area contributed by atoms with Crippen LogP contribution in [0.15, 0.2) is 243 Å². The Labute approximate surface area is 401 Å². The molecule has 0 atom stereocenters. The van der Waals surface area contributed by atoms with Gasteiger partial charge in [0, 0.05) is 70.9 Å². The molecular formula is C66H40N4. The molecule has 0 saturated carbocycles. The Kier molecular flexibility index (Phi) is 7.58. The van der Waals surface area contributed by atoms with Gasteiger partial charge in [-0.2, -0.15) is 0 Å². The Morgan fingerprint density at radius 1 is 0.186 bits per heavy atom. The van der Waals surface area contributed by atoms with Crippen molar-refractivity contribution >= 4 is 104 Å². The third-order valence-corrected chi connectivity index (χ3v) is 15.3. The second-order valence-corrected chi connectivity index (χ2v) is 18.9. The van der Waals surface area contributed by atoms with E-state index in [1.54, 1.807) is 0 Å². The zero-order valence-electron chi connectivity index (χ0n) is 37.9. The van der Waals surface area contributed by atoms with E-state index in [0.717, 1.165) is 5.69 Å². The molecule has 0 fully saturated rings. The smallest absolute Gasteiger partial charge is 0.0622 e. The molecule has 0 aliphatic heterocycles. The van der Waals surface area contributed by atoms with E-state index in [0.29, 0.717) is 0 Å². The zero-order chi connectivity index (χ0) is 45.6. The Hall–Kier alpha value is -9.38. The lowest BCUT2D eigenvalue weighted by Gasteiger charge is -2.11. The number of hydrogen-bond acceptors (Lipinski definition) is 0. The highest BCUT2D eigenvalue weighted by Gasteiger charge is 2.22. The van der Waals surface area contributed by atoms with Crippen molar-refractivity contribution in [3.8, 4) is 39.3 Å². The summed E-state index contributed by atoms with van der Waals surface area (Å²) < 4.78 is 9.72. The first-order chi connectivity index (χ1) is 34.7. The quantitative estimate of drug-likeness (QED) is 0.164. The number of nitrogens with zero attached hydrogens (tertiary/aromatic N) is 4. The fourth-order valence-corrected chi connectivity index (χ4v) is 12.2. The number of benzene rings is 11. The molecule has 4 heteroatoms. The normalized spacial score (nSPS) is 12.3. The van der Waals surface area contributed by atoms with Crippen LogP contribution in [-0.2, 0) is 0 Å². The number of hydrogen-bond donors (Lipinski definition) is 0. The predicted octanol–water partition coefficient (Wildman–Crippen LogP) is 17.5. The lowest BCUT2D eigenvalue weighted by atomic mass is 10.0. The standard InChI is InChI=1S/C66H40N4/c1-2-14-45(15-3-1)67-58-21-9-4-16-48(58)53-36-42(28-33-63(53)67)41-26-31-46(32-27-41)68-59-22-10-5-17-49(59)54-37-43(29-34-64(54)68)44-30-35-65-55(38-44)50-18-6-11-23-60(50)69(65)47-39-56-51-19-7-12-24-61(51)70-62-25-13-8-20-52(62)57(40-47)66(56)70/h1-40H. The molecule has 5 heterocycles. The van der Waals surface area contributed by atoms with Gasteiger partial charge in [0.05, 0.1) is 49.7 Å². The molecular weight excluding hydrogens is 849 g/mol. The topological polar surface area (TPSA) is 19.2 Å². The van der Waals surface area contributed by atoms with Crippen LogP contribution in [0, 0.1) is 0 Å². The first kappa shape index (κ1) is 37.7. The minimum atomic E-state index is 1.14. The maximum absolute atomic E-state index is 2.47. The summed E-state index contributed by atoms with van der Waals surface area (Å²) in [6, 6.07) is 89.7. The summed E-state index contributed by atoms with van der Waals surface area (Å²) in [6.45, 7) is 0. The van der Waals surface area contributed by atoms with Crippen molar-refractivity contribution in [1.82, 2.24) is 18.1 Å². The third kappa shape index (κ3) is 5.14. The summed E-state index contributed by atoms with van der Waals surface area (Å²) in [4.78, 5) is 0. The average molecular weight is 889 g/mol. The highest BCUT2D eigenvalue weighted by atomic mass is 15.0. The number of para-hydroxylation sites is 6. The molecule has 16 aromatic rings. The van der Waals surface area contributed by atoms with E-state index in [9.17, 15) is 0 Å². The van der Waals surface area contributed by atoms with Gasteiger partial charge in [-0.15, -0.1) is 0 Å². The van der Waals surface area contributed by atoms with Crippen molar-refractivity contribution in [2.24, 2.45) is 0 Å². The van der Waals surface area contributed by atoms with Gasteiger partial charge in [-0.1, -0.05) is 140 Å². The van der Waals surface area contributed by atoms with Gasteiger partial charge in [-0.3, -0.25) is 0 Å². The van der Waals surface area contributed by atoms with Crippen molar-refractivity contribution in [2.75, 3.05) is 0 Å². The average Bonchev–Trinajstić information content (AvgIpc) is 4.22. The minimum absolute atomic E-state index is 1.14. The third-order valence-electron chi connectivity index (χ3n) is 15.3. The van der Waals surface area contributed by atoms with Gasteiger partial charge in [-0.25, -0.2) is 0 Å². The lowest BCUT2D eigenvalue weighted by Crippen LogP contribution is -1.94. The Morgan fingerprint density at radius 2 is 0.500 bits per heavy atom. The van der Waals surface area contributed by atoms with Crippen LogP contribution in [0.3, 0.4) is 0 Å². The Morgan fingerprint density at radius 3 is 0.943 bits per heavy atom. The van der Waals surface area contributed by atoms with Crippen molar-refractivity contribution in [3.63, 3.8) is 0 Å². The fourth-order valence-electron chi connectivity index (χ4n) is 12.2. The summed E-state index contributed by atoms with van der Waals surface area (Å²) in [5.41, 5.74) is 19.3. The fraction of sp³-hybridized carbons (Fsp3) is 0. The summed E-state index contributed by atoms with van der Waals surface area (Å²) in [5, 5.41) is 12.6. The van der Waals surface area contributed by atoms with E-state index in [1.807, 2.05) is 0 Å². The molecule has 0 aliphatic rings. The van der Waals surface area contributed by atoms with Crippen LogP contribution in [0.2, 0.25) is 0 Å². The van der Waals surface area contributed by atoms with Gasteiger partial charge in [0.2, 0.25) is 0 Å². The molecule has 324 valence electrons. The van der Waals surface area contributed by atoms with E-state index in [-0.39, 0.29) is 0 Å². The van der Waals surface area contributed by atoms with Crippen molar-refractivity contribution in [3.05, 3.63) is 243 Å².